The van der Waals surface area contributed by atoms with Crippen LogP contribution in [0.3, 0.4) is 0 Å². The number of carbonyl (C=O) groups is 1. The third kappa shape index (κ3) is 9.25. The van der Waals surface area contributed by atoms with Crippen LogP contribution in [0.2, 0.25) is 0 Å². The number of hydrogen-bond donors (Lipinski definition) is 1. The lowest BCUT2D eigenvalue weighted by Gasteiger charge is -2.28. The highest BCUT2D eigenvalue weighted by Crippen LogP contribution is 2.30. The predicted octanol–water partition coefficient (Wildman–Crippen LogP) is 2.68. The van der Waals surface area contributed by atoms with Gasteiger partial charge in [-0.2, -0.15) is 8.42 Å². The van der Waals surface area contributed by atoms with Crippen LogP contribution < -0.4 is 5.32 Å². The summed E-state index contributed by atoms with van der Waals surface area (Å²) in [5.74, 6) is 0.897. The fraction of sp³-hybridized carbons (Fsp3) is 0.933. The highest BCUT2D eigenvalue weighted by atomic mass is 32.2. The Morgan fingerprint density at radius 2 is 1.68 bits per heavy atom. The second-order valence-corrected chi connectivity index (χ2v) is 8.74. The van der Waals surface area contributed by atoms with Gasteiger partial charge in [-0.3, -0.25) is 4.18 Å². The zero-order chi connectivity index (χ0) is 16.8. The van der Waals surface area contributed by atoms with Crippen molar-refractivity contribution in [2.75, 3.05) is 19.4 Å². The number of ether oxygens (including phenoxy) is 1. The molecule has 7 heteroatoms. The molecule has 0 aromatic carbocycles. The molecule has 130 valence electrons. The highest BCUT2D eigenvalue weighted by molar-refractivity contribution is 7.85. The lowest BCUT2D eigenvalue weighted by molar-refractivity contribution is 0.0523. The van der Waals surface area contributed by atoms with Crippen LogP contribution in [-0.4, -0.2) is 39.5 Å². The molecule has 0 saturated heterocycles. The van der Waals surface area contributed by atoms with E-state index < -0.39 is 15.7 Å². The quantitative estimate of drug-likeness (QED) is 0.755. The SMILES string of the molecule is CC(C)(C)OC(=O)NCCC1CCC(COS(C)(=O)=O)CC1. The smallest absolute Gasteiger partial charge is 0.407 e. The van der Waals surface area contributed by atoms with Crippen LogP contribution in [0.1, 0.15) is 52.9 Å². The van der Waals surface area contributed by atoms with Crippen LogP contribution in [0.15, 0.2) is 0 Å². The highest BCUT2D eigenvalue weighted by Gasteiger charge is 2.23. The zero-order valence-electron chi connectivity index (χ0n) is 14.1. The van der Waals surface area contributed by atoms with Crippen molar-refractivity contribution in [1.29, 1.82) is 0 Å². The van der Waals surface area contributed by atoms with E-state index in [2.05, 4.69) is 5.32 Å². The Hall–Kier alpha value is -0.820. The maximum atomic E-state index is 11.5. The average molecular weight is 335 g/mol. The van der Waals surface area contributed by atoms with Gasteiger partial charge in [0, 0.05) is 6.54 Å². The summed E-state index contributed by atoms with van der Waals surface area (Å²) in [5.41, 5.74) is -0.470. The zero-order valence-corrected chi connectivity index (χ0v) is 14.9. The molecule has 1 rings (SSSR count). The van der Waals surface area contributed by atoms with E-state index in [1.807, 2.05) is 20.8 Å². The molecular formula is C15H29NO5S. The summed E-state index contributed by atoms with van der Waals surface area (Å²) in [4.78, 5) is 11.5. The van der Waals surface area contributed by atoms with Crippen LogP contribution in [0, 0.1) is 11.8 Å². The summed E-state index contributed by atoms with van der Waals surface area (Å²) in [7, 11) is -3.34. The predicted molar refractivity (Wildman–Crippen MR) is 85.1 cm³/mol. The number of rotatable bonds is 6. The van der Waals surface area contributed by atoms with Gasteiger partial charge in [0.2, 0.25) is 0 Å². The summed E-state index contributed by atoms with van der Waals surface area (Å²) >= 11 is 0. The molecular weight excluding hydrogens is 306 g/mol. The lowest BCUT2D eigenvalue weighted by Crippen LogP contribution is -2.33. The first-order chi connectivity index (χ1) is 10.1. The minimum absolute atomic E-state index is 0.293. The van der Waals surface area contributed by atoms with Crippen molar-refractivity contribution in [3.05, 3.63) is 0 Å². The molecule has 0 heterocycles. The molecule has 1 amide bonds. The molecule has 0 unspecified atom stereocenters. The fourth-order valence-corrected chi connectivity index (χ4v) is 3.04. The monoisotopic (exact) mass is 335 g/mol. The average Bonchev–Trinajstić information content (AvgIpc) is 2.35. The van der Waals surface area contributed by atoms with Crippen molar-refractivity contribution in [3.8, 4) is 0 Å². The molecule has 22 heavy (non-hydrogen) atoms. The Labute approximate surface area is 134 Å². The minimum Gasteiger partial charge on any atom is -0.444 e. The second-order valence-electron chi connectivity index (χ2n) is 7.09. The molecule has 0 bridgehead atoms. The minimum atomic E-state index is -3.34. The molecule has 1 aliphatic carbocycles. The van der Waals surface area contributed by atoms with Gasteiger partial charge in [-0.25, -0.2) is 4.79 Å². The summed E-state index contributed by atoms with van der Waals surface area (Å²) in [6, 6.07) is 0. The first-order valence-electron chi connectivity index (χ1n) is 7.86. The summed E-state index contributed by atoms with van der Waals surface area (Å²) in [6.45, 7) is 6.43. The molecule has 1 N–H and O–H groups in total. The van der Waals surface area contributed by atoms with Crippen LogP contribution in [0.5, 0.6) is 0 Å². The van der Waals surface area contributed by atoms with E-state index in [-0.39, 0.29) is 6.09 Å². The van der Waals surface area contributed by atoms with Gasteiger partial charge in [-0.05, 0) is 51.9 Å². The maximum absolute atomic E-state index is 11.5. The Balaban J connectivity index is 2.14. The van der Waals surface area contributed by atoms with Crippen LogP contribution >= 0.6 is 0 Å². The first-order valence-corrected chi connectivity index (χ1v) is 9.68. The van der Waals surface area contributed by atoms with E-state index in [0.717, 1.165) is 38.4 Å². The number of amides is 1. The summed E-state index contributed by atoms with van der Waals surface area (Å²) in [5, 5.41) is 2.78. The first kappa shape index (κ1) is 19.2. The van der Waals surface area contributed by atoms with Crippen molar-refractivity contribution in [1.82, 2.24) is 5.32 Å². The molecule has 0 aromatic heterocycles. The van der Waals surface area contributed by atoms with Crippen LogP contribution in [-0.2, 0) is 19.0 Å². The summed E-state index contributed by atoms with van der Waals surface area (Å²) < 4.78 is 32.0. The number of nitrogens with one attached hydrogen (secondary N) is 1. The normalized spacial score (nSPS) is 23.1. The van der Waals surface area contributed by atoms with Crippen molar-refractivity contribution < 1.29 is 22.1 Å². The van der Waals surface area contributed by atoms with E-state index in [9.17, 15) is 13.2 Å². The lowest BCUT2D eigenvalue weighted by atomic mass is 9.81. The van der Waals surface area contributed by atoms with E-state index in [4.69, 9.17) is 8.92 Å². The number of carbonyl (C=O) groups excluding carboxylic acids is 1. The van der Waals surface area contributed by atoms with Gasteiger partial charge in [-0.15, -0.1) is 0 Å². The molecule has 1 fully saturated rings. The fourth-order valence-electron chi connectivity index (χ4n) is 2.60. The van der Waals surface area contributed by atoms with Gasteiger partial charge in [0.15, 0.2) is 0 Å². The third-order valence-electron chi connectivity index (χ3n) is 3.70. The molecule has 0 aromatic rings. The van der Waals surface area contributed by atoms with Gasteiger partial charge in [0.25, 0.3) is 10.1 Å². The molecule has 0 spiro atoms. The Bertz CT molecular complexity index is 447. The number of hydrogen-bond acceptors (Lipinski definition) is 5. The van der Waals surface area contributed by atoms with Crippen molar-refractivity contribution in [2.24, 2.45) is 11.8 Å². The van der Waals surface area contributed by atoms with Crippen molar-refractivity contribution in [2.45, 2.75) is 58.5 Å². The Morgan fingerprint density at radius 1 is 1.14 bits per heavy atom. The number of alkyl carbamates (subject to hydrolysis) is 1. The van der Waals surface area contributed by atoms with Gasteiger partial charge in [0.05, 0.1) is 12.9 Å². The van der Waals surface area contributed by atoms with Gasteiger partial charge in [-0.1, -0.05) is 12.8 Å². The van der Waals surface area contributed by atoms with E-state index in [0.29, 0.717) is 25.0 Å². The summed E-state index contributed by atoms with van der Waals surface area (Å²) in [6.07, 6.45) is 5.70. The van der Waals surface area contributed by atoms with E-state index in [1.54, 1.807) is 0 Å². The van der Waals surface area contributed by atoms with Crippen LogP contribution in [0.4, 0.5) is 4.79 Å². The van der Waals surface area contributed by atoms with Gasteiger partial charge >= 0.3 is 6.09 Å². The topological polar surface area (TPSA) is 81.7 Å². The maximum Gasteiger partial charge on any atom is 0.407 e. The van der Waals surface area contributed by atoms with E-state index >= 15 is 0 Å². The van der Waals surface area contributed by atoms with Gasteiger partial charge < -0.3 is 10.1 Å². The van der Waals surface area contributed by atoms with Crippen LogP contribution in [0.25, 0.3) is 0 Å². The Morgan fingerprint density at radius 3 is 2.18 bits per heavy atom. The largest absolute Gasteiger partial charge is 0.444 e. The molecule has 0 aliphatic heterocycles. The van der Waals surface area contributed by atoms with E-state index in [1.165, 1.54) is 0 Å². The molecule has 0 atom stereocenters. The molecule has 6 nitrogen and oxygen atoms in total. The molecule has 0 radical (unpaired) electrons. The van der Waals surface area contributed by atoms with Crippen molar-refractivity contribution >= 4 is 16.2 Å². The standard InChI is InChI=1S/C15H29NO5S/c1-15(2,3)21-14(17)16-10-9-12-5-7-13(8-6-12)11-20-22(4,18)19/h12-13H,5-11H2,1-4H3,(H,16,17). The second kappa shape index (κ2) is 8.15. The molecule has 1 aliphatic rings. The van der Waals surface area contributed by atoms with Gasteiger partial charge in [0.1, 0.15) is 5.60 Å². The Kier molecular flexibility index (Phi) is 7.12. The van der Waals surface area contributed by atoms with Crippen molar-refractivity contribution in [3.63, 3.8) is 0 Å². The molecule has 1 saturated carbocycles. The third-order valence-corrected chi connectivity index (χ3v) is 4.27.